The lowest BCUT2D eigenvalue weighted by Gasteiger charge is -2.08. The molecule has 1 aromatic heterocycles. The molecule has 2 aromatic carbocycles. The van der Waals surface area contributed by atoms with Crippen LogP contribution in [0.4, 0.5) is 0 Å². The molecule has 0 aliphatic heterocycles. The molecule has 130 valence electrons. The van der Waals surface area contributed by atoms with Crippen LogP contribution in [0.15, 0.2) is 51.8 Å². The molecule has 0 unspecified atom stereocenters. The number of rotatable bonds is 5. The maximum absolute atomic E-state index is 12.5. The lowest BCUT2D eigenvalue weighted by Crippen LogP contribution is -2.23. The molecule has 25 heavy (non-hydrogen) atoms. The summed E-state index contributed by atoms with van der Waals surface area (Å²) >= 11 is 6.03. The third-order valence-corrected chi connectivity index (χ3v) is 5.59. The Hall–Kier alpha value is -2.35. The highest BCUT2D eigenvalue weighted by molar-refractivity contribution is 7.89. The molecule has 3 rings (SSSR count). The fourth-order valence-corrected chi connectivity index (χ4v) is 3.70. The van der Waals surface area contributed by atoms with E-state index >= 15 is 0 Å². The van der Waals surface area contributed by atoms with Crippen LogP contribution in [0.2, 0.25) is 5.02 Å². The molecule has 0 aliphatic carbocycles. The van der Waals surface area contributed by atoms with Crippen molar-refractivity contribution in [1.82, 2.24) is 4.72 Å². The summed E-state index contributed by atoms with van der Waals surface area (Å²) in [5.41, 5.74) is 1.35. The number of carboxylic acid groups (broad SMARTS) is 1. The van der Waals surface area contributed by atoms with E-state index in [0.29, 0.717) is 27.1 Å². The SMILES string of the molecule is Cc1c(C(=O)O)oc2ccc(S(=O)(=O)NCc3ccccc3Cl)cc12. The summed E-state index contributed by atoms with van der Waals surface area (Å²) in [4.78, 5) is 11.1. The molecular formula is C17H14ClNO5S. The Balaban J connectivity index is 1.93. The highest BCUT2D eigenvalue weighted by atomic mass is 35.5. The largest absolute Gasteiger partial charge is 0.475 e. The van der Waals surface area contributed by atoms with E-state index in [2.05, 4.69) is 4.72 Å². The average Bonchev–Trinajstić information content (AvgIpc) is 2.91. The molecule has 6 nitrogen and oxygen atoms in total. The maximum Gasteiger partial charge on any atom is 0.372 e. The topological polar surface area (TPSA) is 96.6 Å². The van der Waals surface area contributed by atoms with Crippen LogP contribution in [0.1, 0.15) is 21.7 Å². The summed E-state index contributed by atoms with van der Waals surface area (Å²) in [6, 6.07) is 11.1. The van der Waals surface area contributed by atoms with Crippen LogP contribution in [0.3, 0.4) is 0 Å². The van der Waals surface area contributed by atoms with Gasteiger partial charge in [0.25, 0.3) is 0 Å². The molecule has 0 spiro atoms. The Kier molecular flexibility index (Phi) is 4.55. The van der Waals surface area contributed by atoms with Gasteiger partial charge < -0.3 is 9.52 Å². The number of fused-ring (bicyclic) bond motifs is 1. The minimum atomic E-state index is -3.79. The number of aromatic carboxylic acids is 1. The van der Waals surface area contributed by atoms with Gasteiger partial charge in [-0.2, -0.15) is 0 Å². The zero-order valence-corrected chi connectivity index (χ0v) is 14.7. The summed E-state index contributed by atoms with van der Waals surface area (Å²) in [7, 11) is -3.79. The third kappa shape index (κ3) is 3.39. The van der Waals surface area contributed by atoms with Gasteiger partial charge >= 0.3 is 5.97 Å². The standard InChI is InChI=1S/C17H14ClNO5S/c1-10-13-8-12(6-7-15(13)24-16(10)17(20)21)25(22,23)19-9-11-4-2-3-5-14(11)18/h2-8,19H,9H2,1H3,(H,20,21). The number of nitrogens with one attached hydrogen (secondary N) is 1. The second-order valence-electron chi connectivity index (χ2n) is 5.44. The molecule has 0 amide bonds. The molecule has 0 bridgehead atoms. The first-order valence-corrected chi connectivity index (χ1v) is 9.15. The van der Waals surface area contributed by atoms with Gasteiger partial charge in [-0.1, -0.05) is 29.8 Å². The van der Waals surface area contributed by atoms with Gasteiger partial charge in [-0.25, -0.2) is 17.9 Å². The lowest BCUT2D eigenvalue weighted by atomic mass is 10.1. The molecule has 2 N–H and O–H groups in total. The van der Waals surface area contributed by atoms with Crippen molar-refractivity contribution in [3.05, 3.63) is 64.4 Å². The van der Waals surface area contributed by atoms with Crippen molar-refractivity contribution >= 4 is 38.6 Å². The lowest BCUT2D eigenvalue weighted by molar-refractivity contribution is 0.0664. The third-order valence-electron chi connectivity index (χ3n) is 3.82. The maximum atomic E-state index is 12.5. The van der Waals surface area contributed by atoms with E-state index in [0.717, 1.165) is 0 Å². The van der Waals surface area contributed by atoms with Crippen molar-refractivity contribution in [3.63, 3.8) is 0 Å². The van der Waals surface area contributed by atoms with Gasteiger partial charge in [-0.05, 0) is 36.8 Å². The first-order chi connectivity index (χ1) is 11.8. The molecule has 0 saturated heterocycles. The van der Waals surface area contributed by atoms with Crippen molar-refractivity contribution in [2.24, 2.45) is 0 Å². The zero-order valence-electron chi connectivity index (χ0n) is 13.1. The summed E-state index contributed by atoms with van der Waals surface area (Å²) in [5.74, 6) is -1.40. The Morgan fingerprint density at radius 2 is 1.96 bits per heavy atom. The Morgan fingerprint density at radius 3 is 2.64 bits per heavy atom. The van der Waals surface area contributed by atoms with Gasteiger partial charge in [-0.15, -0.1) is 0 Å². The number of halogens is 1. The predicted octanol–water partition coefficient (Wildman–Crippen LogP) is 3.57. The molecule has 0 radical (unpaired) electrons. The van der Waals surface area contributed by atoms with Crippen molar-refractivity contribution in [2.75, 3.05) is 0 Å². The fourth-order valence-electron chi connectivity index (χ4n) is 2.47. The smallest absolute Gasteiger partial charge is 0.372 e. The monoisotopic (exact) mass is 379 g/mol. The molecule has 3 aromatic rings. The first kappa shape index (κ1) is 17.5. The van der Waals surface area contributed by atoms with Crippen LogP contribution in [0.5, 0.6) is 0 Å². The highest BCUT2D eigenvalue weighted by Crippen LogP contribution is 2.28. The van der Waals surface area contributed by atoms with Crippen LogP contribution in [-0.2, 0) is 16.6 Å². The number of carboxylic acids is 1. The normalized spacial score (nSPS) is 11.8. The summed E-state index contributed by atoms with van der Waals surface area (Å²) in [6.45, 7) is 1.62. The number of hydrogen-bond donors (Lipinski definition) is 2. The minimum Gasteiger partial charge on any atom is -0.475 e. The number of benzene rings is 2. The van der Waals surface area contributed by atoms with Crippen molar-refractivity contribution < 1.29 is 22.7 Å². The van der Waals surface area contributed by atoms with Crippen LogP contribution in [0, 0.1) is 6.92 Å². The number of aryl methyl sites for hydroxylation is 1. The van der Waals surface area contributed by atoms with E-state index in [1.807, 2.05) is 0 Å². The van der Waals surface area contributed by atoms with Crippen molar-refractivity contribution in [2.45, 2.75) is 18.4 Å². The van der Waals surface area contributed by atoms with Crippen molar-refractivity contribution in [1.29, 1.82) is 0 Å². The zero-order chi connectivity index (χ0) is 18.2. The van der Waals surface area contributed by atoms with Crippen LogP contribution < -0.4 is 4.72 Å². The van der Waals surface area contributed by atoms with Gasteiger partial charge in [0, 0.05) is 22.5 Å². The van der Waals surface area contributed by atoms with E-state index in [4.69, 9.17) is 21.1 Å². The molecule has 1 heterocycles. The van der Waals surface area contributed by atoms with Crippen molar-refractivity contribution in [3.8, 4) is 0 Å². The summed E-state index contributed by atoms with van der Waals surface area (Å²) in [5, 5.41) is 10.0. The predicted molar refractivity (Wildman–Crippen MR) is 93.4 cm³/mol. The fraction of sp³-hybridized carbons (Fsp3) is 0.118. The molecule has 0 aliphatic rings. The second kappa shape index (κ2) is 6.51. The van der Waals surface area contributed by atoms with Gasteiger partial charge in [0.15, 0.2) is 0 Å². The van der Waals surface area contributed by atoms with Gasteiger partial charge in [-0.3, -0.25) is 0 Å². The quantitative estimate of drug-likeness (QED) is 0.706. The number of carbonyl (C=O) groups is 1. The van der Waals surface area contributed by atoms with Crippen LogP contribution in [-0.4, -0.2) is 19.5 Å². The molecule has 0 fully saturated rings. The van der Waals surface area contributed by atoms with Gasteiger partial charge in [0.05, 0.1) is 4.90 Å². The van der Waals surface area contributed by atoms with E-state index in [-0.39, 0.29) is 17.2 Å². The van der Waals surface area contributed by atoms with E-state index in [1.54, 1.807) is 31.2 Å². The van der Waals surface area contributed by atoms with E-state index in [9.17, 15) is 13.2 Å². The molecule has 0 atom stereocenters. The highest BCUT2D eigenvalue weighted by Gasteiger charge is 2.20. The number of sulfonamides is 1. The first-order valence-electron chi connectivity index (χ1n) is 7.29. The Morgan fingerprint density at radius 1 is 1.24 bits per heavy atom. The Bertz CT molecular complexity index is 1070. The summed E-state index contributed by atoms with van der Waals surface area (Å²) in [6.07, 6.45) is 0. The molecule has 0 saturated carbocycles. The van der Waals surface area contributed by atoms with Gasteiger partial charge in [0.2, 0.25) is 15.8 Å². The average molecular weight is 380 g/mol. The molecular weight excluding hydrogens is 366 g/mol. The minimum absolute atomic E-state index is 0.0212. The summed E-state index contributed by atoms with van der Waals surface area (Å²) < 4.78 is 32.8. The second-order valence-corrected chi connectivity index (χ2v) is 7.61. The number of hydrogen-bond acceptors (Lipinski definition) is 4. The van der Waals surface area contributed by atoms with E-state index < -0.39 is 16.0 Å². The number of furan rings is 1. The Labute approximate surface area is 149 Å². The van der Waals surface area contributed by atoms with Crippen LogP contribution in [0.25, 0.3) is 11.0 Å². The molecule has 8 heteroatoms. The van der Waals surface area contributed by atoms with Gasteiger partial charge in [0.1, 0.15) is 5.58 Å². The van der Waals surface area contributed by atoms with E-state index in [1.165, 1.54) is 18.2 Å². The van der Waals surface area contributed by atoms with Crippen LogP contribution >= 0.6 is 11.6 Å².